The van der Waals surface area contributed by atoms with Gasteiger partial charge in [-0.05, 0) is 53.6 Å². The number of ether oxygens (including phenoxy) is 2. The van der Waals surface area contributed by atoms with E-state index in [0.29, 0.717) is 61.0 Å². The van der Waals surface area contributed by atoms with Gasteiger partial charge in [-0.15, -0.1) is 10.2 Å². The molecule has 1 amide bonds. The number of carbonyl (C=O) groups excluding carboxylic acids is 2. The van der Waals surface area contributed by atoms with Gasteiger partial charge in [0.1, 0.15) is 19.0 Å². The number of aliphatic hydroxyl groups excluding tert-OH is 1. The summed E-state index contributed by atoms with van der Waals surface area (Å²) in [4.78, 5) is 28.2. The minimum absolute atomic E-state index is 0.105. The molecular formula is C28H18Cl3N3O5S2. The summed E-state index contributed by atoms with van der Waals surface area (Å²) >= 11 is 21.1. The van der Waals surface area contributed by atoms with Crippen molar-refractivity contribution in [3.05, 3.63) is 98.0 Å². The van der Waals surface area contributed by atoms with Gasteiger partial charge in [-0.25, -0.2) is 0 Å². The molecule has 13 heteroatoms. The van der Waals surface area contributed by atoms with Crippen LogP contribution < -0.4 is 14.4 Å². The van der Waals surface area contributed by atoms with Gasteiger partial charge in [0.15, 0.2) is 15.8 Å². The van der Waals surface area contributed by atoms with Crippen molar-refractivity contribution in [1.82, 2.24) is 10.2 Å². The lowest BCUT2D eigenvalue weighted by Crippen LogP contribution is -2.29. The van der Waals surface area contributed by atoms with Gasteiger partial charge in [0, 0.05) is 26.4 Å². The molecule has 3 heterocycles. The Morgan fingerprint density at radius 3 is 2.54 bits per heavy atom. The zero-order chi connectivity index (χ0) is 28.7. The topological polar surface area (TPSA) is 102 Å². The highest BCUT2D eigenvalue weighted by Gasteiger charge is 2.48. The van der Waals surface area contributed by atoms with Crippen molar-refractivity contribution < 1.29 is 24.2 Å². The molecule has 2 aliphatic rings. The first-order chi connectivity index (χ1) is 19.8. The minimum atomic E-state index is -1.00. The lowest BCUT2D eigenvalue weighted by molar-refractivity contribution is -0.132. The van der Waals surface area contributed by atoms with Crippen LogP contribution in [0.2, 0.25) is 15.1 Å². The van der Waals surface area contributed by atoms with Crippen LogP contribution in [-0.4, -0.2) is 40.2 Å². The molecule has 208 valence electrons. The van der Waals surface area contributed by atoms with Crippen molar-refractivity contribution in [2.24, 2.45) is 0 Å². The number of nitrogens with zero attached hydrogens (tertiary/aromatic N) is 3. The van der Waals surface area contributed by atoms with E-state index in [1.54, 1.807) is 54.6 Å². The summed E-state index contributed by atoms with van der Waals surface area (Å²) < 4.78 is 11.8. The lowest BCUT2D eigenvalue weighted by Gasteiger charge is -2.23. The van der Waals surface area contributed by atoms with Crippen molar-refractivity contribution in [3.63, 3.8) is 0 Å². The fourth-order valence-electron chi connectivity index (χ4n) is 4.50. The lowest BCUT2D eigenvalue weighted by atomic mass is 9.95. The monoisotopic (exact) mass is 645 g/mol. The molecule has 2 aliphatic heterocycles. The summed E-state index contributed by atoms with van der Waals surface area (Å²) in [6.07, 6.45) is 0. The summed E-state index contributed by atoms with van der Waals surface area (Å²) in [6, 6.07) is 15.8. The van der Waals surface area contributed by atoms with E-state index in [1.165, 1.54) is 16.7 Å². The van der Waals surface area contributed by atoms with Crippen molar-refractivity contribution in [3.8, 4) is 11.5 Å². The number of halogens is 3. The second-order valence-corrected chi connectivity index (χ2v) is 12.4. The molecule has 1 N–H and O–H groups in total. The second kappa shape index (κ2) is 11.5. The molecule has 0 aliphatic carbocycles. The van der Waals surface area contributed by atoms with Crippen LogP contribution in [0.5, 0.6) is 11.5 Å². The Morgan fingerprint density at radius 2 is 1.76 bits per heavy atom. The summed E-state index contributed by atoms with van der Waals surface area (Å²) in [7, 11) is 0. The fourth-order valence-corrected chi connectivity index (χ4v) is 7.13. The van der Waals surface area contributed by atoms with E-state index in [2.05, 4.69) is 10.2 Å². The van der Waals surface area contributed by atoms with Crippen LogP contribution in [0, 0.1) is 0 Å². The zero-order valence-corrected chi connectivity index (χ0v) is 24.7. The van der Waals surface area contributed by atoms with Gasteiger partial charge in [0.2, 0.25) is 5.13 Å². The maximum Gasteiger partial charge on any atom is 0.301 e. The highest BCUT2D eigenvalue weighted by molar-refractivity contribution is 8.00. The Hall–Kier alpha value is -3.28. The first-order valence-corrected chi connectivity index (χ1v) is 15.1. The summed E-state index contributed by atoms with van der Waals surface area (Å²) in [5, 5.41) is 21.5. The van der Waals surface area contributed by atoms with Gasteiger partial charge in [-0.2, -0.15) is 0 Å². The minimum Gasteiger partial charge on any atom is -0.507 e. The van der Waals surface area contributed by atoms with E-state index in [1.807, 2.05) is 6.07 Å². The number of rotatable bonds is 6. The Morgan fingerprint density at radius 1 is 0.976 bits per heavy atom. The number of thioether (sulfide) groups is 1. The molecule has 0 bridgehead atoms. The summed E-state index contributed by atoms with van der Waals surface area (Å²) in [6.45, 7) is 0.763. The van der Waals surface area contributed by atoms with Gasteiger partial charge in [-0.3, -0.25) is 14.5 Å². The number of ketones is 1. The first-order valence-electron chi connectivity index (χ1n) is 12.2. The van der Waals surface area contributed by atoms with Crippen LogP contribution in [0.25, 0.3) is 5.76 Å². The van der Waals surface area contributed by atoms with E-state index in [0.717, 1.165) is 16.9 Å². The Balaban J connectivity index is 1.38. The number of hydrogen-bond acceptors (Lipinski definition) is 9. The number of Topliss-reactive ketones (excluding diaryl/α,β-unsaturated/α-hetero) is 1. The normalized spacial score (nSPS) is 17.7. The molecule has 8 nitrogen and oxygen atoms in total. The third-order valence-electron chi connectivity index (χ3n) is 6.39. The van der Waals surface area contributed by atoms with Crippen molar-refractivity contribution in [1.29, 1.82) is 0 Å². The van der Waals surface area contributed by atoms with E-state index in [9.17, 15) is 14.7 Å². The maximum absolute atomic E-state index is 13.5. The Labute approximate surface area is 257 Å². The van der Waals surface area contributed by atoms with E-state index in [4.69, 9.17) is 44.3 Å². The fraction of sp³-hybridized carbons (Fsp3) is 0.143. The number of anilines is 1. The number of hydrogen-bond donors (Lipinski definition) is 1. The predicted octanol–water partition coefficient (Wildman–Crippen LogP) is 7.19. The number of aliphatic hydroxyl groups is 1. The van der Waals surface area contributed by atoms with Crippen LogP contribution in [0.3, 0.4) is 0 Å². The Kier molecular flexibility index (Phi) is 7.84. The van der Waals surface area contributed by atoms with Crippen LogP contribution in [0.1, 0.15) is 22.7 Å². The molecule has 1 fully saturated rings. The number of amides is 1. The van der Waals surface area contributed by atoms with Crippen molar-refractivity contribution in [2.75, 3.05) is 18.1 Å². The number of carbonyl (C=O) groups is 2. The summed E-state index contributed by atoms with van der Waals surface area (Å²) in [5.41, 5.74) is 1.57. The molecule has 0 spiro atoms. The highest BCUT2D eigenvalue weighted by Crippen LogP contribution is 2.45. The van der Waals surface area contributed by atoms with Crippen LogP contribution >= 0.6 is 57.9 Å². The molecule has 1 saturated heterocycles. The van der Waals surface area contributed by atoms with Gasteiger partial charge < -0.3 is 14.6 Å². The number of benzene rings is 3. The molecule has 1 unspecified atom stereocenters. The number of fused-ring (bicyclic) bond motifs is 1. The molecule has 0 saturated carbocycles. The molecule has 41 heavy (non-hydrogen) atoms. The van der Waals surface area contributed by atoms with Gasteiger partial charge in [-0.1, -0.05) is 76.1 Å². The molecule has 1 aromatic heterocycles. The molecule has 4 aromatic rings. The largest absolute Gasteiger partial charge is 0.507 e. The highest BCUT2D eigenvalue weighted by atomic mass is 35.5. The van der Waals surface area contributed by atoms with Crippen molar-refractivity contribution in [2.45, 2.75) is 16.1 Å². The van der Waals surface area contributed by atoms with Gasteiger partial charge in [0.05, 0.1) is 11.6 Å². The molecule has 0 radical (unpaired) electrons. The van der Waals surface area contributed by atoms with E-state index in [-0.39, 0.29) is 16.5 Å². The average Bonchev–Trinajstić information content (AvgIpc) is 3.53. The predicted molar refractivity (Wildman–Crippen MR) is 160 cm³/mol. The van der Waals surface area contributed by atoms with Crippen molar-refractivity contribution >= 4 is 80.5 Å². The second-order valence-electron chi connectivity index (χ2n) is 8.96. The van der Waals surface area contributed by atoms with E-state index < -0.39 is 17.7 Å². The smallest absolute Gasteiger partial charge is 0.301 e. The van der Waals surface area contributed by atoms with E-state index >= 15 is 0 Å². The Bertz CT molecular complexity index is 1730. The van der Waals surface area contributed by atoms with Gasteiger partial charge >= 0.3 is 5.91 Å². The zero-order valence-electron chi connectivity index (χ0n) is 20.8. The molecular weight excluding hydrogens is 629 g/mol. The third-order valence-corrected chi connectivity index (χ3v) is 9.32. The maximum atomic E-state index is 13.5. The van der Waals surface area contributed by atoms with Crippen LogP contribution in [-0.2, 0) is 15.3 Å². The average molecular weight is 647 g/mol. The molecule has 1 atom stereocenters. The first kappa shape index (κ1) is 27.9. The number of aromatic nitrogens is 2. The standard InChI is InChI=1S/C28H18Cl3N3O5S2/c29-17-3-1-2-14(10-17)23-22(24(35)15-5-7-20-21(11-15)39-9-8-38-20)25(36)26(37)34(23)27-32-33-28(41-27)40-13-16-4-6-18(30)12-19(16)31/h1-7,10-12,23,35H,8-9,13H2. The molecule has 6 rings (SSSR count). The van der Waals surface area contributed by atoms with Crippen LogP contribution in [0.4, 0.5) is 5.13 Å². The third kappa shape index (κ3) is 5.50. The van der Waals surface area contributed by atoms with Gasteiger partial charge in [0.25, 0.3) is 5.78 Å². The van der Waals surface area contributed by atoms with Crippen LogP contribution in [0.15, 0.2) is 70.6 Å². The molecule has 3 aromatic carbocycles. The summed E-state index contributed by atoms with van der Waals surface area (Å²) in [5.74, 6) is -0.615. The quantitative estimate of drug-likeness (QED) is 0.0773. The SMILES string of the molecule is O=C1C(=O)N(c2nnc(SCc3ccc(Cl)cc3Cl)s2)C(c2cccc(Cl)c2)C1=C(O)c1ccc2c(c1)OCCO2.